The molecule has 4 unspecified atom stereocenters. The van der Waals surface area contributed by atoms with Gasteiger partial charge >= 0.3 is 0 Å². The number of hydrazine groups is 1. The van der Waals surface area contributed by atoms with Gasteiger partial charge in [0.05, 0.1) is 18.7 Å². The van der Waals surface area contributed by atoms with E-state index in [1.807, 2.05) is 17.0 Å². The highest BCUT2D eigenvalue weighted by Crippen LogP contribution is 2.48. The molecule has 0 spiro atoms. The predicted molar refractivity (Wildman–Crippen MR) is 102 cm³/mol. The minimum Gasteiger partial charge on any atom is -0.508 e. The second-order valence-corrected chi connectivity index (χ2v) is 7.26. The molecule has 2 saturated heterocycles. The Morgan fingerprint density at radius 2 is 1.78 bits per heavy atom. The van der Waals surface area contributed by atoms with Crippen molar-refractivity contribution in [3.05, 3.63) is 65.2 Å². The first-order chi connectivity index (χ1) is 13.1. The first-order valence-corrected chi connectivity index (χ1v) is 9.26. The zero-order valence-electron chi connectivity index (χ0n) is 15.6. The van der Waals surface area contributed by atoms with E-state index in [4.69, 9.17) is 4.74 Å². The summed E-state index contributed by atoms with van der Waals surface area (Å²) in [5.74, 6) is 0.265. The maximum atomic E-state index is 13.1. The van der Waals surface area contributed by atoms with Crippen LogP contribution in [0.3, 0.4) is 0 Å². The second-order valence-electron chi connectivity index (χ2n) is 7.26. The number of methoxy groups -OCH3 is 1. The zero-order valence-corrected chi connectivity index (χ0v) is 15.6. The first kappa shape index (κ1) is 18.0. The van der Waals surface area contributed by atoms with Crippen LogP contribution in [0.2, 0.25) is 0 Å². The summed E-state index contributed by atoms with van der Waals surface area (Å²) >= 11 is 0. The van der Waals surface area contributed by atoms with Gasteiger partial charge in [-0.05, 0) is 18.6 Å². The SMILES string of the molecule is COCCN1C(=O)C2NNC(c3ccccc3O)C2C1c1ccc(C)cc1. The summed E-state index contributed by atoms with van der Waals surface area (Å²) in [6, 6.07) is 15.0. The van der Waals surface area contributed by atoms with E-state index in [0.29, 0.717) is 13.2 Å². The van der Waals surface area contributed by atoms with E-state index < -0.39 is 0 Å². The Kier molecular flexibility index (Phi) is 4.86. The number of fused-ring (bicyclic) bond motifs is 1. The number of hydrogen-bond donors (Lipinski definition) is 3. The number of amides is 1. The Bertz CT molecular complexity index is 824. The van der Waals surface area contributed by atoms with Crippen LogP contribution in [0.4, 0.5) is 0 Å². The summed E-state index contributed by atoms with van der Waals surface area (Å²) in [6.45, 7) is 3.08. The number of aryl methyl sites for hydroxylation is 1. The van der Waals surface area contributed by atoms with Gasteiger partial charge in [0, 0.05) is 25.1 Å². The number of nitrogens with zero attached hydrogens (tertiary/aromatic N) is 1. The van der Waals surface area contributed by atoms with Gasteiger partial charge in [-0.25, -0.2) is 10.9 Å². The fourth-order valence-electron chi connectivity index (χ4n) is 4.32. The number of likely N-dealkylation sites (tertiary alicyclic amines) is 1. The number of nitrogens with one attached hydrogen (secondary N) is 2. The molecular weight excluding hydrogens is 342 g/mol. The number of phenols is 1. The Balaban J connectivity index is 1.76. The number of aromatic hydroxyl groups is 1. The molecule has 6 nitrogen and oxygen atoms in total. The molecule has 4 atom stereocenters. The lowest BCUT2D eigenvalue weighted by atomic mass is 9.83. The lowest BCUT2D eigenvalue weighted by Gasteiger charge is -2.31. The van der Waals surface area contributed by atoms with Crippen molar-refractivity contribution in [2.45, 2.75) is 25.0 Å². The quantitative estimate of drug-likeness (QED) is 0.754. The van der Waals surface area contributed by atoms with Crippen LogP contribution in [-0.2, 0) is 9.53 Å². The van der Waals surface area contributed by atoms with Crippen molar-refractivity contribution in [2.75, 3.05) is 20.3 Å². The molecular formula is C21H25N3O3. The molecule has 0 bridgehead atoms. The summed E-state index contributed by atoms with van der Waals surface area (Å²) in [4.78, 5) is 15.0. The molecule has 0 aliphatic carbocycles. The van der Waals surface area contributed by atoms with Gasteiger partial charge in [-0.3, -0.25) is 4.79 Å². The largest absolute Gasteiger partial charge is 0.508 e. The summed E-state index contributed by atoms with van der Waals surface area (Å²) < 4.78 is 5.24. The molecule has 2 aromatic carbocycles. The van der Waals surface area contributed by atoms with Crippen LogP contribution in [0, 0.1) is 12.8 Å². The number of phenolic OH excluding ortho intramolecular Hbond substituents is 1. The number of hydrogen-bond acceptors (Lipinski definition) is 5. The van der Waals surface area contributed by atoms with Gasteiger partial charge in [0.2, 0.25) is 5.91 Å². The van der Waals surface area contributed by atoms with Crippen LogP contribution in [0.5, 0.6) is 5.75 Å². The third kappa shape index (κ3) is 3.10. The topological polar surface area (TPSA) is 73.8 Å². The molecule has 2 aromatic rings. The molecule has 6 heteroatoms. The van der Waals surface area contributed by atoms with Crippen LogP contribution in [0.25, 0.3) is 0 Å². The van der Waals surface area contributed by atoms with Gasteiger partial charge in [0.15, 0.2) is 0 Å². The van der Waals surface area contributed by atoms with Crippen molar-refractivity contribution in [3.63, 3.8) is 0 Å². The van der Waals surface area contributed by atoms with Gasteiger partial charge in [-0.2, -0.15) is 0 Å². The molecule has 0 aromatic heterocycles. The standard InChI is InChI=1S/C21H25N3O3/c1-13-7-9-14(10-8-13)20-17-18(15-5-3-4-6-16(15)25)22-23-19(17)21(26)24(20)11-12-27-2/h3-10,17-20,22-23,25H,11-12H2,1-2H3. The molecule has 2 fully saturated rings. The highest BCUT2D eigenvalue weighted by atomic mass is 16.5. The Morgan fingerprint density at radius 3 is 2.48 bits per heavy atom. The van der Waals surface area contributed by atoms with Gasteiger partial charge in [0.1, 0.15) is 11.8 Å². The molecule has 2 aliphatic heterocycles. The highest BCUT2D eigenvalue weighted by molar-refractivity contribution is 5.86. The van der Waals surface area contributed by atoms with Crippen molar-refractivity contribution < 1.29 is 14.6 Å². The number of ether oxygens (including phenoxy) is 1. The van der Waals surface area contributed by atoms with Crippen molar-refractivity contribution in [1.29, 1.82) is 0 Å². The van der Waals surface area contributed by atoms with Crippen molar-refractivity contribution in [1.82, 2.24) is 15.8 Å². The maximum absolute atomic E-state index is 13.1. The number of rotatable bonds is 5. The van der Waals surface area contributed by atoms with Crippen molar-refractivity contribution in [3.8, 4) is 5.75 Å². The Labute approximate surface area is 159 Å². The number of benzene rings is 2. The molecule has 0 radical (unpaired) electrons. The maximum Gasteiger partial charge on any atom is 0.242 e. The summed E-state index contributed by atoms with van der Waals surface area (Å²) in [7, 11) is 1.65. The van der Waals surface area contributed by atoms with Crippen molar-refractivity contribution >= 4 is 5.91 Å². The highest BCUT2D eigenvalue weighted by Gasteiger charge is 2.55. The van der Waals surface area contributed by atoms with Gasteiger partial charge < -0.3 is 14.7 Å². The minimum absolute atomic E-state index is 0.0367. The molecule has 27 heavy (non-hydrogen) atoms. The molecule has 142 valence electrons. The molecule has 2 aliphatic rings. The number of para-hydroxylation sites is 1. The van der Waals surface area contributed by atoms with E-state index in [-0.39, 0.29) is 35.7 Å². The third-order valence-corrected chi connectivity index (χ3v) is 5.64. The average Bonchev–Trinajstić information content (AvgIpc) is 3.21. The average molecular weight is 367 g/mol. The summed E-state index contributed by atoms with van der Waals surface area (Å²) in [5, 5.41) is 10.4. The van der Waals surface area contributed by atoms with Crippen molar-refractivity contribution in [2.24, 2.45) is 5.92 Å². The normalized spacial score (nSPS) is 27.2. The molecule has 1 amide bonds. The van der Waals surface area contributed by atoms with Gasteiger partial charge in [0.25, 0.3) is 0 Å². The van der Waals surface area contributed by atoms with E-state index in [9.17, 15) is 9.90 Å². The fraction of sp³-hybridized carbons (Fsp3) is 0.381. The van der Waals surface area contributed by atoms with Gasteiger partial charge in [-0.15, -0.1) is 0 Å². The Morgan fingerprint density at radius 1 is 1.07 bits per heavy atom. The lowest BCUT2D eigenvalue weighted by molar-refractivity contribution is -0.131. The lowest BCUT2D eigenvalue weighted by Crippen LogP contribution is -2.42. The Hall–Kier alpha value is -2.41. The van der Waals surface area contributed by atoms with Crippen LogP contribution in [0.15, 0.2) is 48.5 Å². The monoisotopic (exact) mass is 367 g/mol. The smallest absolute Gasteiger partial charge is 0.242 e. The molecule has 3 N–H and O–H groups in total. The number of carbonyl (C=O) groups is 1. The molecule has 2 heterocycles. The third-order valence-electron chi connectivity index (χ3n) is 5.64. The van der Waals surface area contributed by atoms with E-state index in [2.05, 4.69) is 42.0 Å². The first-order valence-electron chi connectivity index (χ1n) is 9.26. The molecule has 4 rings (SSSR count). The summed E-state index contributed by atoms with van der Waals surface area (Å²) in [5.41, 5.74) is 9.50. The number of carbonyl (C=O) groups excluding carboxylic acids is 1. The van der Waals surface area contributed by atoms with Gasteiger partial charge in [-0.1, -0.05) is 48.0 Å². The fourth-order valence-corrected chi connectivity index (χ4v) is 4.32. The van der Waals surface area contributed by atoms with E-state index in [0.717, 1.165) is 11.1 Å². The zero-order chi connectivity index (χ0) is 19.0. The van der Waals surface area contributed by atoms with Crippen LogP contribution in [0.1, 0.15) is 28.8 Å². The van der Waals surface area contributed by atoms with E-state index in [1.165, 1.54) is 5.56 Å². The predicted octanol–water partition coefficient (Wildman–Crippen LogP) is 2.06. The van der Waals surface area contributed by atoms with Crippen LogP contribution in [-0.4, -0.2) is 42.2 Å². The van der Waals surface area contributed by atoms with E-state index in [1.54, 1.807) is 19.2 Å². The van der Waals surface area contributed by atoms with Crippen LogP contribution < -0.4 is 10.9 Å². The minimum atomic E-state index is -0.335. The second kappa shape index (κ2) is 7.31. The molecule has 0 saturated carbocycles. The summed E-state index contributed by atoms with van der Waals surface area (Å²) in [6.07, 6.45) is 0. The van der Waals surface area contributed by atoms with Crippen LogP contribution >= 0.6 is 0 Å². The van der Waals surface area contributed by atoms with E-state index >= 15 is 0 Å².